The highest BCUT2D eigenvalue weighted by molar-refractivity contribution is 7.80. The zero-order valence-electron chi connectivity index (χ0n) is 11.5. The van der Waals surface area contributed by atoms with E-state index in [4.69, 9.17) is 22.7 Å². The molecular weight excluding hydrogens is 268 g/mol. The fourth-order valence-electron chi connectivity index (χ4n) is 1.90. The molecule has 0 saturated heterocycles. The van der Waals surface area contributed by atoms with E-state index in [0.717, 1.165) is 12.2 Å². The Kier molecular flexibility index (Phi) is 5.07. The summed E-state index contributed by atoms with van der Waals surface area (Å²) in [5.74, 6) is 1.34. The van der Waals surface area contributed by atoms with Crippen LogP contribution in [0.25, 0.3) is 0 Å². The largest absolute Gasteiger partial charge is 0.455 e. The minimum absolute atomic E-state index is 0.307. The van der Waals surface area contributed by atoms with E-state index < -0.39 is 0 Å². The highest BCUT2D eigenvalue weighted by Gasteiger charge is 2.07. The van der Waals surface area contributed by atoms with Crippen molar-refractivity contribution < 1.29 is 4.74 Å². The number of thiocarbonyl (C=S) groups is 1. The van der Waals surface area contributed by atoms with E-state index in [0.29, 0.717) is 16.3 Å². The smallest absolute Gasteiger partial charge is 0.155 e. The highest BCUT2D eigenvalue weighted by atomic mass is 32.1. The van der Waals surface area contributed by atoms with Gasteiger partial charge in [-0.05, 0) is 36.6 Å². The topological polar surface area (TPSA) is 48.1 Å². The van der Waals surface area contributed by atoms with Gasteiger partial charge in [0, 0.05) is 6.20 Å². The van der Waals surface area contributed by atoms with Gasteiger partial charge in [-0.1, -0.05) is 37.7 Å². The second-order valence-corrected chi connectivity index (χ2v) is 5.03. The van der Waals surface area contributed by atoms with Gasteiger partial charge in [-0.25, -0.2) is 0 Å². The van der Waals surface area contributed by atoms with Gasteiger partial charge >= 0.3 is 0 Å². The monoisotopic (exact) mass is 286 g/mol. The minimum Gasteiger partial charge on any atom is -0.455 e. The fraction of sp³-hybridized carbons (Fsp3) is 0.250. The molecule has 2 rings (SSSR count). The minimum atomic E-state index is 0.307. The van der Waals surface area contributed by atoms with E-state index in [2.05, 4.69) is 24.0 Å². The molecule has 0 spiro atoms. The van der Waals surface area contributed by atoms with Crippen LogP contribution in [0.1, 0.15) is 30.9 Å². The Labute approximate surface area is 124 Å². The summed E-state index contributed by atoms with van der Waals surface area (Å²) < 4.78 is 5.80. The van der Waals surface area contributed by atoms with Crippen molar-refractivity contribution in [3.63, 3.8) is 0 Å². The third-order valence-electron chi connectivity index (χ3n) is 3.02. The van der Waals surface area contributed by atoms with Crippen LogP contribution in [0.5, 0.6) is 11.5 Å². The molecule has 0 aliphatic rings. The van der Waals surface area contributed by atoms with Gasteiger partial charge in [-0.3, -0.25) is 4.98 Å². The number of aromatic nitrogens is 1. The zero-order valence-corrected chi connectivity index (χ0v) is 12.3. The first kappa shape index (κ1) is 14.5. The molecule has 1 aromatic carbocycles. The van der Waals surface area contributed by atoms with Crippen LogP contribution < -0.4 is 10.5 Å². The lowest BCUT2D eigenvalue weighted by Crippen LogP contribution is -2.10. The number of benzene rings is 1. The summed E-state index contributed by atoms with van der Waals surface area (Å²) in [5.41, 5.74) is 7.69. The van der Waals surface area contributed by atoms with Crippen LogP contribution in [0.4, 0.5) is 0 Å². The molecular formula is C16H18N2OS. The van der Waals surface area contributed by atoms with Gasteiger partial charge in [0.1, 0.15) is 10.7 Å². The van der Waals surface area contributed by atoms with Crippen LogP contribution >= 0.6 is 12.2 Å². The van der Waals surface area contributed by atoms with Crippen LogP contribution in [-0.4, -0.2) is 9.97 Å². The molecule has 2 N–H and O–H groups in total. The summed E-state index contributed by atoms with van der Waals surface area (Å²) in [6.45, 7) is 2.19. The molecule has 0 unspecified atom stereocenters. The van der Waals surface area contributed by atoms with Crippen molar-refractivity contribution in [2.75, 3.05) is 0 Å². The Balaban J connectivity index is 2.12. The van der Waals surface area contributed by atoms with Crippen molar-refractivity contribution in [1.82, 2.24) is 4.98 Å². The van der Waals surface area contributed by atoms with Crippen molar-refractivity contribution in [3.8, 4) is 11.5 Å². The molecule has 3 nitrogen and oxygen atoms in total. The number of nitrogens with zero attached hydrogens (tertiary/aromatic N) is 1. The summed E-state index contributed by atoms with van der Waals surface area (Å²) in [6.07, 6.45) is 6.77. The van der Waals surface area contributed by atoms with Crippen LogP contribution in [0.15, 0.2) is 42.7 Å². The van der Waals surface area contributed by atoms with E-state index in [1.807, 2.05) is 12.1 Å². The fourth-order valence-corrected chi connectivity index (χ4v) is 2.07. The summed E-state index contributed by atoms with van der Waals surface area (Å²) in [5, 5.41) is 0. The Morgan fingerprint density at radius 1 is 1.25 bits per heavy atom. The van der Waals surface area contributed by atoms with Crippen LogP contribution in [-0.2, 0) is 6.42 Å². The number of hydrogen-bond acceptors (Lipinski definition) is 3. The Hall–Kier alpha value is -1.94. The van der Waals surface area contributed by atoms with Gasteiger partial charge in [0.05, 0.1) is 11.8 Å². The van der Waals surface area contributed by atoms with E-state index in [1.165, 1.54) is 18.4 Å². The molecule has 0 saturated carbocycles. The first-order valence-corrected chi connectivity index (χ1v) is 7.12. The number of nitrogens with two attached hydrogens (primary N) is 1. The average molecular weight is 286 g/mol. The predicted octanol–water partition coefficient (Wildman–Crippen LogP) is 3.85. The van der Waals surface area contributed by atoms with Gasteiger partial charge in [0.25, 0.3) is 0 Å². The molecule has 4 heteroatoms. The predicted molar refractivity (Wildman–Crippen MR) is 85.3 cm³/mol. The molecule has 0 atom stereocenters. The Morgan fingerprint density at radius 2 is 2.00 bits per heavy atom. The summed E-state index contributed by atoms with van der Waals surface area (Å²) in [4.78, 5) is 4.35. The van der Waals surface area contributed by atoms with Gasteiger partial charge in [0.2, 0.25) is 0 Å². The summed E-state index contributed by atoms with van der Waals surface area (Å²) in [6, 6.07) is 9.85. The summed E-state index contributed by atoms with van der Waals surface area (Å²) >= 11 is 5.00. The molecule has 20 heavy (non-hydrogen) atoms. The molecule has 2 aromatic rings. The maximum atomic E-state index is 5.80. The highest BCUT2D eigenvalue weighted by Crippen LogP contribution is 2.24. The van der Waals surface area contributed by atoms with Crippen molar-refractivity contribution in [2.45, 2.75) is 26.2 Å². The van der Waals surface area contributed by atoms with Crippen molar-refractivity contribution >= 4 is 17.2 Å². The van der Waals surface area contributed by atoms with Gasteiger partial charge < -0.3 is 10.5 Å². The lowest BCUT2D eigenvalue weighted by molar-refractivity contribution is 0.479. The van der Waals surface area contributed by atoms with E-state index in [9.17, 15) is 0 Å². The normalized spacial score (nSPS) is 10.2. The standard InChI is InChI=1S/C16H18N2OS/c1-2-3-4-12-5-7-13(8-6-12)19-15-11-18-10-9-14(15)16(17)20/h5-11H,2-4H2,1H3,(H2,17,20). The summed E-state index contributed by atoms with van der Waals surface area (Å²) in [7, 11) is 0. The van der Waals surface area contributed by atoms with Crippen molar-refractivity contribution in [1.29, 1.82) is 0 Å². The van der Waals surface area contributed by atoms with E-state index in [1.54, 1.807) is 18.5 Å². The van der Waals surface area contributed by atoms with E-state index in [-0.39, 0.29) is 0 Å². The van der Waals surface area contributed by atoms with Crippen molar-refractivity contribution in [2.24, 2.45) is 5.73 Å². The molecule has 0 fully saturated rings. The quantitative estimate of drug-likeness (QED) is 0.819. The lowest BCUT2D eigenvalue weighted by atomic mass is 10.1. The number of hydrogen-bond donors (Lipinski definition) is 1. The van der Waals surface area contributed by atoms with Crippen LogP contribution in [0.3, 0.4) is 0 Å². The molecule has 1 heterocycles. The molecule has 0 aliphatic heterocycles. The maximum absolute atomic E-state index is 5.80. The second-order valence-electron chi connectivity index (χ2n) is 4.59. The molecule has 0 bridgehead atoms. The third-order valence-corrected chi connectivity index (χ3v) is 3.24. The number of rotatable bonds is 6. The molecule has 0 amide bonds. The van der Waals surface area contributed by atoms with Gasteiger partial charge in [-0.15, -0.1) is 0 Å². The zero-order chi connectivity index (χ0) is 14.4. The van der Waals surface area contributed by atoms with Crippen LogP contribution in [0.2, 0.25) is 0 Å². The van der Waals surface area contributed by atoms with E-state index >= 15 is 0 Å². The van der Waals surface area contributed by atoms with Gasteiger partial charge in [0.15, 0.2) is 5.75 Å². The maximum Gasteiger partial charge on any atom is 0.155 e. The average Bonchev–Trinajstić information content (AvgIpc) is 2.47. The second kappa shape index (κ2) is 7.01. The Bertz CT molecular complexity index is 581. The first-order valence-electron chi connectivity index (χ1n) is 6.71. The number of unbranched alkanes of at least 4 members (excludes halogenated alkanes) is 1. The first-order chi connectivity index (χ1) is 9.70. The molecule has 1 aromatic heterocycles. The van der Waals surface area contributed by atoms with Crippen LogP contribution in [0, 0.1) is 0 Å². The molecule has 104 valence electrons. The SMILES string of the molecule is CCCCc1ccc(Oc2cnccc2C(N)=S)cc1. The van der Waals surface area contributed by atoms with Gasteiger partial charge in [-0.2, -0.15) is 0 Å². The Morgan fingerprint density at radius 3 is 2.65 bits per heavy atom. The number of ether oxygens (including phenoxy) is 1. The lowest BCUT2D eigenvalue weighted by Gasteiger charge is -2.10. The number of aryl methyl sites for hydroxylation is 1. The third kappa shape index (κ3) is 3.78. The molecule has 0 aliphatic carbocycles. The van der Waals surface area contributed by atoms with Crippen molar-refractivity contribution in [3.05, 3.63) is 53.9 Å². The molecule has 0 radical (unpaired) electrons. The number of pyridine rings is 1.